The normalized spacial score (nSPS) is 11.6. The molecule has 0 fully saturated rings. The molecule has 0 aliphatic carbocycles. The van der Waals surface area contributed by atoms with Gasteiger partial charge in [0.15, 0.2) is 0 Å². The Hall–Kier alpha value is -0.720. The predicted octanol–water partition coefficient (Wildman–Crippen LogP) is 4.80. The van der Waals surface area contributed by atoms with E-state index < -0.39 is 0 Å². The molecule has 0 unspecified atom stereocenters. The number of hydrogen-bond donors (Lipinski definition) is 0. The first-order valence-corrected chi connectivity index (χ1v) is 5.83. The average molecular weight is 196 g/mol. The Kier molecular flexibility index (Phi) is 11.6. The Morgan fingerprint density at radius 2 is 1.64 bits per heavy atom. The van der Waals surface area contributed by atoms with Gasteiger partial charge in [-0.3, -0.25) is 0 Å². The van der Waals surface area contributed by atoms with Gasteiger partial charge in [-0.05, 0) is 25.8 Å². The van der Waals surface area contributed by atoms with Crippen LogP contribution in [-0.2, 0) is 4.74 Å². The number of hydrogen-bond acceptors (Lipinski definition) is 1. The molecule has 0 aliphatic heterocycles. The quantitative estimate of drug-likeness (QED) is 0.380. The van der Waals surface area contributed by atoms with Crippen LogP contribution in [0.2, 0.25) is 0 Å². The molecule has 0 saturated heterocycles. The van der Waals surface area contributed by atoms with Gasteiger partial charge in [0.25, 0.3) is 0 Å². The van der Waals surface area contributed by atoms with Gasteiger partial charge in [-0.25, -0.2) is 0 Å². The summed E-state index contributed by atoms with van der Waals surface area (Å²) in [6, 6.07) is 0. The van der Waals surface area contributed by atoms with Crippen LogP contribution in [0.3, 0.4) is 0 Å². The van der Waals surface area contributed by atoms with Gasteiger partial charge in [0, 0.05) is 0 Å². The Bertz CT molecular complexity index is 147. The van der Waals surface area contributed by atoms with Crippen molar-refractivity contribution in [1.82, 2.24) is 0 Å². The number of unbranched alkanes of at least 4 members (excludes halogenated alkanes) is 6. The molecule has 0 aliphatic rings. The van der Waals surface area contributed by atoms with Gasteiger partial charge in [-0.15, -0.1) is 0 Å². The molecule has 0 saturated carbocycles. The van der Waals surface area contributed by atoms with E-state index in [0.717, 1.165) is 6.42 Å². The highest BCUT2D eigenvalue weighted by atomic mass is 16.5. The molecule has 0 rings (SSSR count). The van der Waals surface area contributed by atoms with Crippen LogP contribution in [0.1, 0.15) is 58.8 Å². The molecule has 0 heterocycles. The molecule has 0 radical (unpaired) electrons. The van der Waals surface area contributed by atoms with Crippen LogP contribution in [0.4, 0.5) is 0 Å². The minimum absolute atomic E-state index is 1.14. The van der Waals surface area contributed by atoms with Crippen molar-refractivity contribution in [1.29, 1.82) is 0 Å². The molecule has 0 spiro atoms. The summed E-state index contributed by atoms with van der Waals surface area (Å²) >= 11 is 0. The van der Waals surface area contributed by atoms with Crippen molar-refractivity contribution >= 4 is 0 Å². The Labute approximate surface area is 88.9 Å². The van der Waals surface area contributed by atoms with E-state index in [1.807, 2.05) is 13.0 Å². The van der Waals surface area contributed by atoms with Crippen molar-refractivity contribution < 1.29 is 4.74 Å². The molecule has 0 bridgehead atoms. The van der Waals surface area contributed by atoms with Gasteiger partial charge in [0.1, 0.15) is 0 Å². The fourth-order valence-corrected chi connectivity index (χ4v) is 1.29. The fourth-order valence-electron chi connectivity index (χ4n) is 1.29. The first-order valence-electron chi connectivity index (χ1n) is 5.83. The van der Waals surface area contributed by atoms with Gasteiger partial charge >= 0.3 is 0 Å². The SMILES string of the molecule is CC=COC=CCCCCCCCC. The summed E-state index contributed by atoms with van der Waals surface area (Å²) in [6.45, 7) is 4.20. The lowest BCUT2D eigenvalue weighted by Crippen LogP contribution is -1.77. The second-order valence-corrected chi connectivity index (χ2v) is 3.53. The lowest BCUT2D eigenvalue weighted by Gasteiger charge is -1.97. The van der Waals surface area contributed by atoms with Crippen molar-refractivity contribution in [3.63, 3.8) is 0 Å². The smallest absolute Gasteiger partial charge is 0.0861 e. The van der Waals surface area contributed by atoms with Gasteiger partial charge in [-0.1, -0.05) is 45.1 Å². The van der Waals surface area contributed by atoms with E-state index in [9.17, 15) is 0 Å². The number of rotatable bonds is 9. The third-order valence-corrected chi connectivity index (χ3v) is 2.11. The third kappa shape index (κ3) is 11.3. The zero-order valence-corrected chi connectivity index (χ0v) is 9.67. The largest absolute Gasteiger partial charge is 0.473 e. The van der Waals surface area contributed by atoms with Gasteiger partial charge in [0.05, 0.1) is 12.5 Å². The third-order valence-electron chi connectivity index (χ3n) is 2.11. The van der Waals surface area contributed by atoms with E-state index in [1.165, 1.54) is 38.5 Å². The molecular formula is C13H24O. The van der Waals surface area contributed by atoms with E-state index in [0.29, 0.717) is 0 Å². The molecular weight excluding hydrogens is 172 g/mol. The summed E-state index contributed by atoms with van der Waals surface area (Å²) in [5.74, 6) is 0. The lowest BCUT2D eigenvalue weighted by molar-refractivity contribution is 0.399. The second-order valence-electron chi connectivity index (χ2n) is 3.53. The Balaban J connectivity index is 3.01. The summed E-state index contributed by atoms with van der Waals surface area (Å²) in [5, 5.41) is 0. The van der Waals surface area contributed by atoms with Crippen LogP contribution >= 0.6 is 0 Å². The number of ether oxygens (including phenoxy) is 1. The standard InChI is InChI=1S/C13H24O/c1-3-5-6-7-8-9-10-11-13-14-12-4-2/h4,11-13H,3,5-10H2,1-2H3. The highest BCUT2D eigenvalue weighted by Crippen LogP contribution is 2.07. The molecule has 0 atom stereocenters. The zero-order valence-electron chi connectivity index (χ0n) is 9.67. The Morgan fingerprint density at radius 3 is 2.36 bits per heavy atom. The molecule has 0 aromatic heterocycles. The van der Waals surface area contributed by atoms with Crippen molar-refractivity contribution in [2.75, 3.05) is 0 Å². The summed E-state index contributed by atoms with van der Waals surface area (Å²) in [6.07, 6.45) is 16.7. The first kappa shape index (κ1) is 13.3. The van der Waals surface area contributed by atoms with Crippen molar-refractivity contribution in [2.45, 2.75) is 58.8 Å². The van der Waals surface area contributed by atoms with Crippen molar-refractivity contribution in [2.24, 2.45) is 0 Å². The highest BCUT2D eigenvalue weighted by molar-refractivity contribution is 4.77. The maximum atomic E-state index is 5.07. The van der Waals surface area contributed by atoms with Gasteiger partial charge in [0.2, 0.25) is 0 Å². The molecule has 0 aromatic carbocycles. The van der Waals surface area contributed by atoms with Crippen molar-refractivity contribution in [3.05, 3.63) is 24.7 Å². The highest BCUT2D eigenvalue weighted by Gasteiger charge is 1.87. The predicted molar refractivity (Wildman–Crippen MR) is 63.0 cm³/mol. The molecule has 0 N–H and O–H groups in total. The topological polar surface area (TPSA) is 9.23 Å². The van der Waals surface area contributed by atoms with E-state index in [1.54, 1.807) is 12.5 Å². The fraction of sp³-hybridized carbons (Fsp3) is 0.692. The zero-order chi connectivity index (χ0) is 10.5. The van der Waals surface area contributed by atoms with Gasteiger partial charge in [-0.2, -0.15) is 0 Å². The average Bonchev–Trinajstić information content (AvgIpc) is 2.21. The van der Waals surface area contributed by atoms with Crippen LogP contribution in [0, 0.1) is 0 Å². The summed E-state index contributed by atoms with van der Waals surface area (Å²) in [5.41, 5.74) is 0. The maximum absolute atomic E-state index is 5.07. The number of allylic oxidation sites excluding steroid dienone is 2. The molecule has 0 amide bonds. The Morgan fingerprint density at radius 1 is 0.929 bits per heavy atom. The van der Waals surface area contributed by atoms with E-state index in [2.05, 4.69) is 13.0 Å². The van der Waals surface area contributed by atoms with Crippen LogP contribution in [0.15, 0.2) is 24.7 Å². The van der Waals surface area contributed by atoms with E-state index in [4.69, 9.17) is 4.74 Å². The minimum atomic E-state index is 1.14. The summed E-state index contributed by atoms with van der Waals surface area (Å²) < 4.78 is 5.07. The molecule has 14 heavy (non-hydrogen) atoms. The second kappa shape index (κ2) is 12.3. The van der Waals surface area contributed by atoms with Gasteiger partial charge < -0.3 is 4.74 Å². The van der Waals surface area contributed by atoms with Crippen LogP contribution in [-0.4, -0.2) is 0 Å². The molecule has 0 aromatic rings. The van der Waals surface area contributed by atoms with E-state index >= 15 is 0 Å². The van der Waals surface area contributed by atoms with Crippen LogP contribution < -0.4 is 0 Å². The van der Waals surface area contributed by atoms with Crippen LogP contribution in [0.25, 0.3) is 0 Å². The van der Waals surface area contributed by atoms with E-state index in [-0.39, 0.29) is 0 Å². The summed E-state index contributed by atoms with van der Waals surface area (Å²) in [7, 11) is 0. The van der Waals surface area contributed by atoms with Crippen LogP contribution in [0.5, 0.6) is 0 Å². The first-order chi connectivity index (χ1) is 6.91. The summed E-state index contributed by atoms with van der Waals surface area (Å²) in [4.78, 5) is 0. The monoisotopic (exact) mass is 196 g/mol. The minimum Gasteiger partial charge on any atom is -0.473 e. The molecule has 1 nitrogen and oxygen atoms in total. The molecule has 82 valence electrons. The van der Waals surface area contributed by atoms with Crippen molar-refractivity contribution in [3.8, 4) is 0 Å². The lowest BCUT2D eigenvalue weighted by atomic mass is 10.1. The molecule has 1 heteroatoms. The maximum Gasteiger partial charge on any atom is 0.0861 e.